The normalized spacial score (nSPS) is 19.3. The van der Waals surface area contributed by atoms with Crippen LogP contribution >= 0.6 is 11.6 Å². The zero-order valence-corrected chi connectivity index (χ0v) is 18.2. The Hall–Kier alpha value is -2.59. The quantitative estimate of drug-likeness (QED) is 0.451. The van der Waals surface area contributed by atoms with E-state index in [-0.39, 0.29) is 5.78 Å². The fourth-order valence-electron chi connectivity index (χ4n) is 3.97. The average Bonchev–Trinajstić information content (AvgIpc) is 2.70. The van der Waals surface area contributed by atoms with Crippen molar-refractivity contribution in [2.24, 2.45) is 11.8 Å². The predicted molar refractivity (Wildman–Crippen MR) is 119 cm³/mol. The summed E-state index contributed by atoms with van der Waals surface area (Å²) in [5, 5.41) is 1.39. The number of hydrogen-bond donors (Lipinski definition) is 0. The number of ketones is 1. The van der Waals surface area contributed by atoms with Crippen LogP contribution in [0.5, 0.6) is 5.75 Å². The van der Waals surface area contributed by atoms with Gasteiger partial charge in [-0.1, -0.05) is 37.1 Å². The van der Waals surface area contributed by atoms with E-state index in [1.807, 2.05) is 18.2 Å². The molecule has 0 spiro atoms. The molecule has 3 atom stereocenters. The summed E-state index contributed by atoms with van der Waals surface area (Å²) in [4.78, 5) is 23.7. The second kappa shape index (κ2) is 8.27. The molecule has 0 saturated heterocycles. The van der Waals surface area contributed by atoms with E-state index in [1.54, 1.807) is 19.1 Å². The van der Waals surface area contributed by atoms with Gasteiger partial charge in [-0.05, 0) is 62.3 Å². The third-order valence-corrected chi connectivity index (χ3v) is 6.53. The zero-order valence-electron chi connectivity index (χ0n) is 17.4. The fourth-order valence-corrected chi connectivity index (χ4v) is 4.28. The van der Waals surface area contributed by atoms with Crippen molar-refractivity contribution in [1.29, 1.82) is 0 Å². The first kappa shape index (κ1) is 20.7. The van der Waals surface area contributed by atoms with Crippen molar-refractivity contribution >= 4 is 28.4 Å². The van der Waals surface area contributed by atoms with Crippen molar-refractivity contribution in [1.82, 2.24) is 0 Å². The van der Waals surface area contributed by atoms with Crippen LogP contribution in [0.15, 0.2) is 51.7 Å². The van der Waals surface area contributed by atoms with E-state index in [0.717, 1.165) is 34.8 Å². The molecule has 1 aromatic heterocycles. The number of hydrogen-bond acceptors (Lipinski definition) is 4. The standard InChI is InChI=1S/C25H25ClO4/c1-14-4-6-18(14)10-17-5-8-20(23(26)11-17)22-13-25(28)30-24-12-19(7-9-21(22)24)29-16(3)15(2)27/h5,7-9,11-14,16,18H,4,6,10H2,1-3H3/t14?,16-,18?/m1/s1. The van der Waals surface area contributed by atoms with Crippen molar-refractivity contribution in [3.8, 4) is 16.9 Å². The summed E-state index contributed by atoms with van der Waals surface area (Å²) in [7, 11) is 0. The first-order valence-corrected chi connectivity index (χ1v) is 10.7. The lowest BCUT2D eigenvalue weighted by atomic mass is 9.72. The Bertz CT molecular complexity index is 1160. The topological polar surface area (TPSA) is 56.5 Å². The van der Waals surface area contributed by atoms with Gasteiger partial charge in [0.25, 0.3) is 0 Å². The van der Waals surface area contributed by atoms with E-state index in [9.17, 15) is 9.59 Å². The van der Waals surface area contributed by atoms with Gasteiger partial charge in [-0.3, -0.25) is 4.79 Å². The summed E-state index contributed by atoms with van der Waals surface area (Å²) < 4.78 is 11.0. The number of Topliss-reactive ketones (excluding diaryl/α,β-unsaturated/α-hetero) is 1. The van der Waals surface area contributed by atoms with E-state index in [4.69, 9.17) is 20.8 Å². The number of fused-ring (bicyclic) bond motifs is 1. The molecule has 1 heterocycles. The zero-order chi connectivity index (χ0) is 21.4. The Kier molecular flexibility index (Phi) is 5.70. The number of carbonyl (C=O) groups excluding carboxylic acids is 1. The summed E-state index contributed by atoms with van der Waals surface area (Å²) in [6.07, 6.45) is 3.04. The molecule has 0 aliphatic heterocycles. The fraction of sp³-hybridized carbons (Fsp3) is 0.360. The van der Waals surface area contributed by atoms with Crippen LogP contribution in [0.2, 0.25) is 5.02 Å². The molecule has 4 rings (SSSR count). The highest BCUT2D eigenvalue weighted by Gasteiger charge is 2.26. The van der Waals surface area contributed by atoms with Gasteiger partial charge in [-0.15, -0.1) is 0 Å². The predicted octanol–water partition coefficient (Wildman–Crippen LogP) is 6.06. The van der Waals surface area contributed by atoms with Crippen molar-refractivity contribution in [2.45, 2.75) is 46.1 Å². The Balaban J connectivity index is 1.69. The molecule has 4 nitrogen and oxygen atoms in total. The van der Waals surface area contributed by atoms with Crippen LogP contribution in [0.3, 0.4) is 0 Å². The maximum absolute atomic E-state index is 12.2. The third-order valence-electron chi connectivity index (χ3n) is 6.22. The lowest BCUT2D eigenvalue weighted by Crippen LogP contribution is -2.24. The average molecular weight is 425 g/mol. The highest BCUT2D eigenvalue weighted by Crippen LogP contribution is 2.38. The lowest BCUT2D eigenvalue weighted by Gasteiger charge is -2.34. The Morgan fingerprint density at radius 1 is 1.17 bits per heavy atom. The summed E-state index contributed by atoms with van der Waals surface area (Å²) >= 11 is 6.64. The Morgan fingerprint density at radius 3 is 2.60 bits per heavy atom. The van der Waals surface area contributed by atoms with Gasteiger partial charge >= 0.3 is 5.63 Å². The van der Waals surface area contributed by atoms with Gasteiger partial charge in [-0.2, -0.15) is 0 Å². The molecule has 0 amide bonds. The minimum absolute atomic E-state index is 0.0755. The van der Waals surface area contributed by atoms with Crippen LogP contribution in [-0.4, -0.2) is 11.9 Å². The molecule has 30 heavy (non-hydrogen) atoms. The third kappa shape index (κ3) is 4.15. The van der Waals surface area contributed by atoms with E-state index >= 15 is 0 Å². The number of benzene rings is 2. The van der Waals surface area contributed by atoms with Gasteiger partial charge < -0.3 is 9.15 Å². The molecule has 1 fully saturated rings. The molecule has 1 saturated carbocycles. The maximum Gasteiger partial charge on any atom is 0.336 e. The van der Waals surface area contributed by atoms with Gasteiger partial charge in [0.2, 0.25) is 0 Å². The van der Waals surface area contributed by atoms with Crippen molar-refractivity contribution in [3.05, 3.63) is 63.5 Å². The Labute approximate surface area is 180 Å². The molecule has 2 unspecified atom stereocenters. The van der Waals surface area contributed by atoms with E-state index in [1.165, 1.54) is 31.4 Å². The van der Waals surface area contributed by atoms with E-state index < -0.39 is 11.7 Å². The molecule has 1 aliphatic rings. The van der Waals surface area contributed by atoms with E-state index in [0.29, 0.717) is 16.4 Å². The van der Waals surface area contributed by atoms with Crippen LogP contribution in [0, 0.1) is 11.8 Å². The first-order valence-electron chi connectivity index (χ1n) is 10.4. The molecular weight excluding hydrogens is 400 g/mol. The molecule has 3 aromatic rings. The maximum atomic E-state index is 12.2. The summed E-state index contributed by atoms with van der Waals surface area (Å²) in [6, 6.07) is 12.8. The highest BCUT2D eigenvalue weighted by atomic mass is 35.5. The van der Waals surface area contributed by atoms with Crippen molar-refractivity contribution in [3.63, 3.8) is 0 Å². The molecule has 5 heteroatoms. The molecular formula is C25H25ClO4. The minimum Gasteiger partial charge on any atom is -0.483 e. The van der Waals surface area contributed by atoms with Crippen molar-refractivity contribution < 1.29 is 13.9 Å². The summed E-state index contributed by atoms with van der Waals surface area (Å²) in [5.41, 5.74) is 2.68. The first-order chi connectivity index (χ1) is 14.3. The van der Waals surface area contributed by atoms with Crippen molar-refractivity contribution in [2.75, 3.05) is 0 Å². The second-order valence-electron chi connectivity index (χ2n) is 8.34. The largest absolute Gasteiger partial charge is 0.483 e. The number of rotatable bonds is 6. The van der Waals surface area contributed by atoms with Crippen LogP contribution in [0.1, 0.15) is 39.2 Å². The second-order valence-corrected chi connectivity index (χ2v) is 8.75. The van der Waals surface area contributed by atoms with Gasteiger partial charge in [0.15, 0.2) is 11.9 Å². The van der Waals surface area contributed by atoms with Crippen LogP contribution in [-0.2, 0) is 11.2 Å². The summed E-state index contributed by atoms with van der Waals surface area (Å²) in [6.45, 7) is 5.46. The molecule has 0 N–H and O–H groups in total. The van der Waals surface area contributed by atoms with Gasteiger partial charge in [0.1, 0.15) is 11.3 Å². The smallest absolute Gasteiger partial charge is 0.336 e. The summed E-state index contributed by atoms with van der Waals surface area (Å²) in [5.74, 6) is 1.90. The number of ether oxygens (including phenoxy) is 1. The lowest BCUT2D eigenvalue weighted by molar-refractivity contribution is -0.122. The molecule has 0 bridgehead atoms. The van der Waals surface area contributed by atoms with E-state index in [2.05, 4.69) is 13.0 Å². The minimum atomic E-state index is -0.572. The Morgan fingerprint density at radius 2 is 1.97 bits per heavy atom. The van der Waals surface area contributed by atoms with Crippen LogP contribution < -0.4 is 10.4 Å². The monoisotopic (exact) mass is 424 g/mol. The molecule has 2 aromatic carbocycles. The van der Waals surface area contributed by atoms with Crippen LogP contribution in [0.4, 0.5) is 0 Å². The molecule has 156 valence electrons. The molecule has 1 aliphatic carbocycles. The van der Waals surface area contributed by atoms with Gasteiger partial charge in [0, 0.05) is 33.7 Å². The highest BCUT2D eigenvalue weighted by molar-refractivity contribution is 6.33. The van der Waals surface area contributed by atoms with Crippen LogP contribution in [0.25, 0.3) is 22.1 Å². The number of halogens is 1. The van der Waals surface area contributed by atoms with Gasteiger partial charge in [-0.25, -0.2) is 4.79 Å². The molecule has 0 radical (unpaired) electrons. The number of carbonyl (C=O) groups is 1. The SMILES string of the molecule is CC(=O)[C@@H](C)Oc1ccc2c(-c3ccc(CC4CCC4C)cc3Cl)cc(=O)oc2c1. The van der Waals surface area contributed by atoms with Gasteiger partial charge in [0.05, 0.1) is 0 Å².